The van der Waals surface area contributed by atoms with E-state index in [1.165, 1.54) is 24.4 Å². The van der Waals surface area contributed by atoms with Gasteiger partial charge in [-0.15, -0.1) is 0 Å². The summed E-state index contributed by atoms with van der Waals surface area (Å²) in [7, 11) is 1.72. The Balaban J connectivity index is 1.92. The molecule has 17 heavy (non-hydrogen) atoms. The number of hydrogen-bond donors (Lipinski definition) is 2. The molecule has 0 aromatic carbocycles. The number of anilines is 2. The fourth-order valence-corrected chi connectivity index (χ4v) is 2.47. The van der Waals surface area contributed by atoms with Gasteiger partial charge in [0.05, 0.1) is 0 Å². The van der Waals surface area contributed by atoms with E-state index in [1.54, 1.807) is 7.11 Å². The molecule has 0 bridgehead atoms. The number of ether oxygens (including phenoxy) is 1. The van der Waals surface area contributed by atoms with Crippen LogP contribution in [0.25, 0.3) is 0 Å². The second-order valence-electron chi connectivity index (χ2n) is 4.48. The molecule has 0 saturated heterocycles. The molecule has 3 N–H and O–H groups in total. The molecule has 0 amide bonds. The maximum absolute atomic E-state index is 8.95. The molecule has 1 aromatic heterocycles. The minimum atomic E-state index is 0.321. The Morgan fingerprint density at radius 2 is 2.41 bits per heavy atom. The first-order valence-corrected chi connectivity index (χ1v) is 6.36. The standard InChI is InChI=1S/C11H16N4OS/c1-16-5-4-11(2-3-11)7-14-10-8(6-12)9(13)15-17-10/h14H,2-5,7H2,1H3,(H2,13,15). The van der Waals surface area contributed by atoms with E-state index in [4.69, 9.17) is 15.7 Å². The molecule has 2 rings (SSSR count). The fourth-order valence-electron chi connectivity index (χ4n) is 1.81. The van der Waals surface area contributed by atoms with Crippen molar-refractivity contribution in [3.05, 3.63) is 5.56 Å². The van der Waals surface area contributed by atoms with Crippen LogP contribution in [0.15, 0.2) is 0 Å². The summed E-state index contributed by atoms with van der Waals surface area (Å²) >= 11 is 1.25. The molecule has 0 aliphatic heterocycles. The van der Waals surface area contributed by atoms with Crippen LogP contribution in [0, 0.1) is 16.7 Å². The van der Waals surface area contributed by atoms with Crippen molar-refractivity contribution in [3.8, 4) is 6.07 Å². The van der Waals surface area contributed by atoms with E-state index in [-0.39, 0.29) is 0 Å². The van der Waals surface area contributed by atoms with Gasteiger partial charge in [0.25, 0.3) is 0 Å². The Hall–Kier alpha value is -1.32. The molecule has 0 unspecified atom stereocenters. The van der Waals surface area contributed by atoms with Crippen LogP contribution in [-0.2, 0) is 4.74 Å². The monoisotopic (exact) mass is 252 g/mol. The Labute approximate surface area is 105 Å². The summed E-state index contributed by atoms with van der Waals surface area (Å²) in [4.78, 5) is 0. The largest absolute Gasteiger partial charge is 0.385 e. The van der Waals surface area contributed by atoms with Gasteiger partial charge >= 0.3 is 0 Å². The third-order valence-electron chi connectivity index (χ3n) is 3.25. The summed E-state index contributed by atoms with van der Waals surface area (Å²) in [5, 5.41) is 13.0. The van der Waals surface area contributed by atoms with Gasteiger partial charge < -0.3 is 15.8 Å². The second kappa shape index (κ2) is 4.90. The highest BCUT2D eigenvalue weighted by Crippen LogP contribution is 2.49. The quantitative estimate of drug-likeness (QED) is 0.807. The van der Waals surface area contributed by atoms with Crippen molar-refractivity contribution in [2.24, 2.45) is 5.41 Å². The average molecular weight is 252 g/mol. The lowest BCUT2D eigenvalue weighted by Crippen LogP contribution is -2.17. The summed E-state index contributed by atoms with van der Waals surface area (Å²) in [5.74, 6) is 0.321. The minimum absolute atomic E-state index is 0.321. The van der Waals surface area contributed by atoms with Crippen LogP contribution in [0.5, 0.6) is 0 Å². The lowest BCUT2D eigenvalue weighted by Gasteiger charge is -2.15. The summed E-state index contributed by atoms with van der Waals surface area (Å²) in [5.41, 5.74) is 6.42. The maximum Gasteiger partial charge on any atom is 0.157 e. The number of nitriles is 1. The van der Waals surface area contributed by atoms with Gasteiger partial charge in [0, 0.05) is 20.3 Å². The van der Waals surface area contributed by atoms with Crippen molar-refractivity contribution >= 4 is 22.4 Å². The minimum Gasteiger partial charge on any atom is -0.385 e. The predicted octanol–water partition coefficient (Wildman–Crippen LogP) is 1.83. The Kier molecular flexibility index (Phi) is 3.50. The van der Waals surface area contributed by atoms with Crippen LogP contribution in [0.4, 0.5) is 10.8 Å². The van der Waals surface area contributed by atoms with Gasteiger partial charge in [0.1, 0.15) is 16.6 Å². The first-order valence-electron chi connectivity index (χ1n) is 5.59. The highest BCUT2D eigenvalue weighted by atomic mass is 32.1. The lowest BCUT2D eigenvalue weighted by atomic mass is 10.0. The van der Waals surface area contributed by atoms with Crippen molar-refractivity contribution in [1.29, 1.82) is 5.26 Å². The summed E-state index contributed by atoms with van der Waals surface area (Å²) in [6, 6.07) is 2.08. The zero-order chi connectivity index (χ0) is 12.3. The smallest absolute Gasteiger partial charge is 0.157 e. The molecule has 1 aliphatic rings. The van der Waals surface area contributed by atoms with Gasteiger partial charge in [-0.25, -0.2) is 0 Å². The second-order valence-corrected chi connectivity index (χ2v) is 5.25. The Morgan fingerprint density at radius 1 is 1.65 bits per heavy atom. The predicted molar refractivity (Wildman–Crippen MR) is 67.9 cm³/mol. The number of nitrogen functional groups attached to an aromatic ring is 1. The number of nitrogens with two attached hydrogens (primary N) is 1. The molecular formula is C11H16N4OS. The molecule has 0 atom stereocenters. The highest BCUT2D eigenvalue weighted by Gasteiger charge is 2.41. The average Bonchev–Trinajstić information content (AvgIpc) is 3.02. The zero-order valence-corrected chi connectivity index (χ0v) is 10.6. The molecule has 6 heteroatoms. The number of hydrogen-bond acceptors (Lipinski definition) is 6. The molecule has 0 radical (unpaired) electrons. The topological polar surface area (TPSA) is 84.0 Å². The van der Waals surface area contributed by atoms with E-state index in [0.29, 0.717) is 16.8 Å². The molecule has 1 aromatic rings. The summed E-state index contributed by atoms with van der Waals surface area (Å²) in [6.07, 6.45) is 3.51. The van der Waals surface area contributed by atoms with Crippen molar-refractivity contribution in [3.63, 3.8) is 0 Å². The number of rotatable bonds is 6. The normalized spacial score (nSPS) is 16.5. The van der Waals surface area contributed by atoms with E-state index >= 15 is 0 Å². The molecule has 1 saturated carbocycles. The van der Waals surface area contributed by atoms with E-state index in [1.807, 2.05) is 0 Å². The van der Waals surface area contributed by atoms with Crippen LogP contribution in [0.2, 0.25) is 0 Å². The van der Waals surface area contributed by atoms with Gasteiger partial charge in [-0.1, -0.05) is 0 Å². The molecule has 1 heterocycles. The third kappa shape index (κ3) is 2.68. The zero-order valence-electron chi connectivity index (χ0n) is 9.82. The van der Waals surface area contributed by atoms with Gasteiger partial charge in [-0.2, -0.15) is 9.64 Å². The lowest BCUT2D eigenvalue weighted by molar-refractivity contribution is 0.175. The van der Waals surface area contributed by atoms with Crippen LogP contribution >= 0.6 is 11.5 Å². The number of aromatic nitrogens is 1. The first kappa shape index (κ1) is 12.1. The van der Waals surface area contributed by atoms with Gasteiger partial charge in [0.2, 0.25) is 0 Å². The number of nitrogens with one attached hydrogen (secondary N) is 1. The van der Waals surface area contributed by atoms with Crippen molar-refractivity contribution in [2.75, 3.05) is 31.3 Å². The van der Waals surface area contributed by atoms with E-state index in [0.717, 1.165) is 24.6 Å². The van der Waals surface area contributed by atoms with Crippen LogP contribution < -0.4 is 11.1 Å². The van der Waals surface area contributed by atoms with Gasteiger partial charge in [0.15, 0.2) is 5.82 Å². The highest BCUT2D eigenvalue weighted by molar-refractivity contribution is 7.10. The first-order chi connectivity index (χ1) is 8.21. The summed E-state index contributed by atoms with van der Waals surface area (Å²) < 4.78 is 9.09. The van der Waals surface area contributed by atoms with Crippen molar-refractivity contribution < 1.29 is 4.74 Å². The Morgan fingerprint density at radius 3 is 3.00 bits per heavy atom. The van der Waals surface area contributed by atoms with Crippen molar-refractivity contribution in [1.82, 2.24) is 4.37 Å². The number of nitrogens with zero attached hydrogens (tertiary/aromatic N) is 2. The molecule has 5 nitrogen and oxygen atoms in total. The molecular weight excluding hydrogens is 236 g/mol. The van der Waals surface area contributed by atoms with Gasteiger partial charge in [-0.05, 0) is 36.2 Å². The molecule has 1 aliphatic carbocycles. The van der Waals surface area contributed by atoms with Crippen LogP contribution in [-0.4, -0.2) is 24.6 Å². The van der Waals surface area contributed by atoms with Crippen molar-refractivity contribution in [2.45, 2.75) is 19.3 Å². The van der Waals surface area contributed by atoms with E-state index in [2.05, 4.69) is 15.8 Å². The van der Waals surface area contributed by atoms with E-state index in [9.17, 15) is 0 Å². The molecule has 92 valence electrons. The third-order valence-corrected chi connectivity index (χ3v) is 4.07. The summed E-state index contributed by atoms with van der Waals surface area (Å²) in [6.45, 7) is 1.66. The van der Waals surface area contributed by atoms with Crippen LogP contribution in [0.1, 0.15) is 24.8 Å². The maximum atomic E-state index is 8.95. The fraction of sp³-hybridized carbons (Fsp3) is 0.636. The Bertz CT molecular complexity index is 433. The molecule has 0 spiro atoms. The van der Waals surface area contributed by atoms with E-state index < -0.39 is 0 Å². The SMILES string of the molecule is COCCC1(CNc2snc(N)c2C#N)CC1. The molecule has 1 fully saturated rings. The van der Waals surface area contributed by atoms with Gasteiger partial charge in [-0.3, -0.25) is 0 Å². The number of methoxy groups -OCH3 is 1. The van der Waals surface area contributed by atoms with Crippen LogP contribution in [0.3, 0.4) is 0 Å².